The van der Waals surface area contributed by atoms with Gasteiger partial charge in [0.2, 0.25) is 0 Å². The van der Waals surface area contributed by atoms with Gasteiger partial charge in [0.05, 0.1) is 22.1 Å². The van der Waals surface area contributed by atoms with Crippen LogP contribution in [0.25, 0.3) is 10.1 Å². The van der Waals surface area contributed by atoms with Gasteiger partial charge in [0.15, 0.2) is 0 Å². The average Bonchev–Trinajstić information content (AvgIpc) is 3.46. The summed E-state index contributed by atoms with van der Waals surface area (Å²) < 4.78 is 45.9. The number of amides is 1. The Morgan fingerprint density at radius 3 is 2.39 bits per heavy atom. The molecular weight excluding hydrogens is 585 g/mol. The Morgan fingerprint density at radius 1 is 0.955 bits per heavy atom. The fraction of sp³-hybridized carbons (Fsp3) is 0.353. The Morgan fingerprint density at radius 2 is 1.68 bits per heavy atom. The van der Waals surface area contributed by atoms with Crippen molar-refractivity contribution in [1.29, 1.82) is 5.26 Å². The molecule has 1 amide bonds. The quantitative estimate of drug-likeness (QED) is 0.237. The van der Waals surface area contributed by atoms with Crippen molar-refractivity contribution in [2.45, 2.75) is 50.6 Å². The molecule has 0 bridgehead atoms. The number of ether oxygens (including phenoxy) is 1. The Balaban J connectivity index is 0.988. The first-order valence-electron chi connectivity index (χ1n) is 14.9. The van der Waals surface area contributed by atoms with Crippen molar-refractivity contribution in [2.75, 3.05) is 31.1 Å². The zero-order valence-corrected chi connectivity index (χ0v) is 25.0. The number of nitriles is 1. The summed E-state index contributed by atoms with van der Waals surface area (Å²) in [6, 6.07) is 23.2. The van der Waals surface area contributed by atoms with Crippen LogP contribution in [-0.4, -0.2) is 49.1 Å². The molecule has 2 saturated heterocycles. The van der Waals surface area contributed by atoms with Crippen LogP contribution in [-0.2, 0) is 12.7 Å². The number of nitrogens with one attached hydrogen (secondary N) is 1. The van der Waals surface area contributed by atoms with E-state index in [-0.39, 0.29) is 18.1 Å². The minimum Gasteiger partial charge on any atom is -0.490 e. The summed E-state index contributed by atoms with van der Waals surface area (Å²) in [5.41, 5.74) is 1.90. The standard InChI is InChI=1S/C34H33F3N4O2S/c35-34(36,37)26-6-8-28(9-7-26)41-17-13-29(14-18-41)43-30-10-5-23-19-32(44-31(23)20-30)33(42)39-27-11-15-40(16-12-27)22-25-4-2-1-3-24(25)21-38/h1-10,19-20,27,29H,11-18,22H2,(H,39,42). The second-order valence-electron chi connectivity index (χ2n) is 11.5. The molecule has 10 heteroatoms. The number of hydrogen-bond donors (Lipinski definition) is 1. The van der Waals surface area contributed by atoms with Crippen LogP contribution in [0.15, 0.2) is 72.8 Å². The molecule has 3 aromatic carbocycles. The third kappa shape index (κ3) is 7.01. The summed E-state index contributed by atoms with van der Waals surface area (Å²) in [5.74, 6) is 0.696. The second kappa shape index (κ2) is 12.9. The van der Waals surface area contributed by atoms with Gasteiger partial charge in [-0.1, -0.05) is 18.2 Å². The number of rotatable bonds is 7. The molecule has 1 aromatic heterocycles. The predicted molar refractivity (Wildman–Crippen MR) is 166 cm³/mol. The molecule has 0 radical (unpaired) electrons. The van der Waals surface area contributed by atoms with Gasteiger partial charge in [-0.15, -0.1) is 11.3 Å². The average molecular weight is 619 g/mol. The van der Waals surface area contributed by atoms with Crippen LogP contribution in [0.4, 0.5) is 18.9 Å². The Hall–Kier alpha value is -4.07. The van der Waals surface area contributed by atoms with Gasteiger partial charge in [-0.2, -0.15) is 18.4 Å². The first kappa shape index (κ1) is 30.0. The van der Waals surface area contributed by atoms with E-state index in [0.29, 0.717) is 23.5 Å². The lowest BCUT2D eigenvalue weighted by atomic mass is 10.0. The van der Waals surface area contributed by atoms with Crippen LogP contribution in [0.3, 0.4) is 0 Å². The van der Waals surface area contributed by atoms with Crippen LogP contribution in [0.1, 0.15) is 52.0 Å². The molecule has 0 unspecified atom stereocenters. The van der Waals surface area contributed by atoms with Crippen molar-refractivity contribution < 1.29 is 22.7 Å². The molecule has 6 nitrogen and oxygen atoms in total. The highest BCUT2D eigenvalue weighted by atomic mass is 32.1. The number of alkyl halides is 3. The van der Waals surface area contributed by atoms with Gasteiger partial charge in [0, 0.05) is 62.0 Å². The predicted octanol–water partition coefficient (Wildman–Crippen LogP) is 7.23. The Bertz CT molecular complexity index is 1650. The molecule has 0 spiro atoms. The number of piperidine rings is 2. The van der Waals surface area contributed by atoms with Crippen LogP contribution < -0.4 is 15.0 Å². The van der Waals surface area contributed by atoms with E-state index in [4.69, 9.17) is 4.74 Å². The zero-order valence-electron chi connectivity index (χ0n) is 24.1. The van der Waals surface area contributed by atoms with E-state index in [2.05, 4.69) is 21.2 Å². The first-order valence-corrected chi connectivity index (χ1v) is 15.7. The van der Waals surface area contributed by atoms with E-state index in [1.807, 2.05) is 48.5 Å². The van der Waals surface area contributed by atoms with Gasteiger partial charge in [-0.25, -0.2) is 0 Å². The molecule has 4 aromatic rings. The van der Waals surface area contributed by atoms with Gasteiger partial charge >= 0.3 is 6.18 Å². The van der Waals surface area contributed by atoms with E-state index in [0.717, 1.165) is 84.5 Å². The van der Waals surface area contributed by atoms with Crippen LogP contribution in [0, 0.1) is 11.3 Å². The molecule has 0 aliphatic carbocycles. The number of fused-ring (bicyclic) bond motifs is 1. The van der Waals surface area contributed by atoms with Crippen LogP contribution in [0.5, 0.6) is 5.75 Å². The molecule has 0 saturated carbocycles. The van der Waals surface area contributed by atoms with Crippen molar-refractivity contribution in [2.24, 2.45) is 0 Å². The number of anilines is 1. The van der Waals surface area contributed by atoms with Crippen molar-refractivity contribution in [1.82, 2.24) is 10.2 Å². The number of likely N-dealkylation sites (tertiary alicyclic amines) is 1. The molecule has 0 atom stereocenters. The van der Waals surface area contributed by atoms with Crippen molar-refractivity contribution in [3.05, 3.63) is 94.4 Å². The maximum absolute atomic E-state index is 13.1. The van der Waals surface area contributed by atoms with Gasteiger partial charge < -0.3 is 15.0 Å². The Kier molecular flexibility index (Phi) is 8.78. The van der Waals surface area contributed by atoms with Crippen LogP contribution >= 0.6 is 11.3 Å². The molecule has 2 aliphatic rings. The SMILES string of the molecule is N#Cc1ccccc1CN1CCC(NC(=O)c2cc3ccc(OC4CCN(c5ccc(C(F)(F)F)cc5)CC4)cc3s2)CC1. The molecule has 3 heterocycles. The highest BCUT2D eigenvalue weighted by molar-refractivity contribution is 7.20. The highest BCUT2D eigenvalue weighted by Crippen LogP contribution is 2.33. The van der Waals surface area contributed by atoms with Crippen molar-refractivity contribution in [3.63, 3.8) is 0 Å². The Labute approximate surface area is 258 Å². The molecule has 2 aliphatic heterocycles. The monoisotopic (exact) mass is 618 g/mol. The number of hydrogen-bond acceptors (Lipinski definition) is 6. The summed E-state index contributed by atoms with van der Waals surface area (Å²) in [7, 11) is 0. The van der Waals surface area contributed by atoms with Crippen molar-refractivity contribution in [3.8, 4) is 11.8 Å². The summed E-state index contributed by atoms with van der Waals surface area (Å²) in [6.07, 6.45) is -1.07. The van der Waals surface area contributed by atoms with Gasteiger partial charge in [-0.3, -0.25) is 9.69 Å². The molecule has 44 heavy (non-hydrogen) atoms. The molecule has 6 rings (SSSR count). The van der Waals surface area contributed by atoms with E-state index in [1.165, 1.54) is 23.5 Å². The smallest absolute Gasteiger partial charge is 0.416 e. The topological polar surface area (TPSA) is 68.6 Å². The number of thiophene rings is 1. The number of benzene rings is 3. The minimum absolute atomic E-state index is 0.0140. The number of nitrogens with zero attached hydrogens (tertiary/aromatic N) is 3. The zero-order chi connectivity index (χ0) is 30.7. The number of carbonyl (C=O) groups excluding carboxylic acids is 1. The largest absolute Gasteiger partial charge is 0.490 e. The third-order valence-electron chi connectivity index (χ3n) is 8.47. The first-order chi connectivity index (χ1) is 21.2. The van der Waals surface area contributed by atoms with Gasteiger partial charge in [0.1, 0.15) is 11.9 Å². The van der Waals surface area contributed by atoms with E-state index in [1.54, 1.807) is 0 Å². The highest BCUT2D eigenvalue weighted by Gasteiger charge is 2.30. The summed E-state index contributed by atoms with van der Waals surface area (Å²) >= 11 is 1.46. The van der Waals surface area contributed by atoms with Gasteiger partial charge in [-0.05, 0) is 78.4 Å². The molecular formula is C34H33F3N4O2S. The van der Waals surface area contributed by atoms with Crippen LogP contribution in [0.2, 0.25) is 0 Å². The summed E-state index contributed by atoms with van der Waals surface area (Å²) in [4.78, 5) is 18.2. The van der Waals surface area contributed by atoms with E-state index >= 15 is 0 Å². The molecule has 228 valence electrons. The number of carbonyl (C=O) groups is 1. The fourth-order valence-corrected chi connectivity index (χ4v) is 6.98. The minimum atomic E-state index is -4.33. The lowest BCUT2D eigenvalue weighted by Gasteiger charge is -2.33. The number of halogens is 3. The summed E-state index contributed by atoms with van der Waals surface area (Å²) in [6.45, 7) is 3.87. The normalized spacial score (nSPS) is 17.0. The fourth-order valence-electron chi connectivity index (χ4n) is 5.98. The second-order valence-corrected chi connectivity index (χ2v) is 12.5. The maximum Gasteiger partial charge on any atom is 0.416 e. The lowest BCUT2D eigenvalue weighted by molar-refractivity contribution is -0.137. The third-order valence-corrected chi connectivity index (χ3v) is 9.57. The van der Waals surface area contributed by atoms with Crippen molar-refractivity contribution >= 4 is 33.0 Å². The molecule has 1 N–H and O–H groups in total. The summed E-state index contributed by atoms with van der Waals surface area (Å²) in [5, 5.41) is 13.6. The molecule has 2 fully saturated rings. The van der Waals surface area contributed by atoms with E-state index < -0.39 is 11.7 Å². The van der Waals surface area contributed by atoms with Gasteiger partial charge in [0.25, 0.3) is 5.91 Å². The lowest BCUT2D eigenvalue weighted by Crippen LogP contribution is -2.44. The van der Waals surface area contributed by atoms with E-state index in [9.17, 15) is 23.2 Å². The maximum atomic E-state index is 13.1.